The van der Waals surface area contributed by atoms with Crippen LogP contribution in [0.1, 0.15) is 6.42 Å². The van der Waals surface area contributed by atoms with Gasteiger partial charge in [-0.2, -0.15) is 0 Å². The summed E-state index contributed by atoms with van der Waals surface area (Å²) in [5, 5.41) is 3.95. The number of methoxy groups -OCH3 is 1. The zero-order chi connectivity index (χ0) is 16.5. The maximum absolute atomic E-state index is 5.64. The molecular weight excluding hydrogens is 320 g/mol. The van der Waals surface area contributed by atoms with Gasteiger partial charge in [-0.15, -0.1) is 0 Å². The fourth-order valence-electron chi connectivity index (χ4n) is 3.06. The van der Waals surface area contributed by atoms with Gasteiger partial charge in [0, 0.05) is 24.8 Å². The van der Waals surface area contributed by atoms with Gasteiger partial charge in [-0.3, -0.25) is 4.90 Å². The van der Waals surface area contributed by atoms with E-state index in [1.165, 1.54) is 0 Å². The number of anilines is 2. The highest BCUT2D eigenvalue weighted by Gasteiger charge is 2.24. The molecule has 2 heterocycles. The Morgan fingerprint density at radius 3 is 2.92 bits per heavy atom. The lowest BCUT2D eigenvalue weighted by atomic mass is 10.3. The number of nitrogens with zero attached hydrogens (tertiary/aromatic N) is 3. The van der Waals surface area contributed by atoms with Gasteiger partial charge in [-0.25, -0.2) is 4.98 Å². The molecule has 0 amide bonds. The molecule has 0 radical (unpaired) electrons. The van der Waals surface area contributed by atoms with E-state index in [-0.39, 0.29) is 0 Å². The predicted octanol–water partition coefficient (Wildman–Crippen LogP) is 3.65. The fraction of sp³-hybridized carbons (Fsp3) is 0.222. The Balaban J connectivity index is 1.64. The summed E-state index contributed by atoms with van der Waals surface area (Å²) in [5.74, 6) is 1.71. The van der Waals surface area contributed by atoms with Gasteiger partial charge in [0.15, 0.2) is 5.11 Å². The van der Waals surface area contributed by atoms with E-state index in [0.29, 0.717) is 5.11 Å². The topological polar surface area (TPSA) is 42.3 Å². The molecule has 0 spiro atoms. The SMILES string of the molecule is COc1cccc(NC(=S)N2CCCn3c2nc2ccccc23)c1. The van der Waals surface area contributed by atoms with Gasteiger partial charge in [0.1, 0.15) is 5.75 Å². The molecule has 1 aliphatic rings. The number of ether oxygens (including phenoxy) is 1. The smallest absolute Gasteiger partial charge is 0.212 e. The molecule has 5 nitrogen and oxygen atoms in total. The molecule has 0 bridgehead atoms. The number of thiocarbonyl (C=S) groups is 1. The number of rotatable bonds is 2. The van der Waals surface area contributed by atoms with Crippen molar-refractivity contribution in [2.75, 3.05) is 23.9 Å². The molecule has 1 aromatic heterocycles. The number of aryl methyl sites for hydroxylation is 1. The fourth-order valence-corrected chi connectivity index (χ4v) is 3.35. The predicted molar refractivity (Wildman–Crippen MR) is 101 cm³/mol. The first-order valence-corrected chi connectivity index (χ1v) is 8.35. The van der Waals surface area contributed by atoms with E-state index in [1.54, 1.807) is 7.11 Å². The van der Waals surface area contributed by atoms with Crippen molar-refractivity contribution >= 4 is 40.0 Å². The van der Waals surface area contributed by atoms with Crippen LogP contribution in [0.25, 0.3) is 11.0 Å². The van der Waals surface area contributed by atoms with E-state index in [0.717, 1.165) is 47.9 Å². The largest absolute Gasteiger partial charge is 0.497 e. The second-order valence-corrected chi connectivity index (χ2v) is 6.11. The number of fused-ring (bicyclic) bond motifs is 3. The van der Waals surface area contributed by atoms with Crippen LogP contribution < -0.4 is 15.0 Å². The van der Waals surface area contributed by atoms with E-state index in [1.807, 2.05) is 42.5 Å². The lowest BCUT2D eigenvalue weighted by molar-refractivity contribution is 0.415. The monoisotopic (exact) mass is 338 g/mol. The Bertz CT molecular complexity index is 905. The molecule has 0 unspecified atom stereocenters. The Morgan fingerprint density at radius 2 is 2.04 bits per heavy atom. The lowest BCUT2D eigenvalue weighted by Crippen LogP contribution is -2.40. The van der Waals surface area contributed by atoms with E-state index in [2.05, 4.69) is 20.9 Å². The van der Waals surface area contributed by atoms with Crippen molar-refractivity contribution in [3.05, 3.63) is 48.5 Å². The van der Waals surface area contributed by atoms with Crippen LogP contribution in [0.3, 0.4) is 0 Å². The van der Waals surface area contributed by atoms with Crippen LogP contribution in [0.4, 0.5) is 11.6 Å². The van der Waals surface area contributed by atoms with Gasteiger partial charge in [-0.05, 0) is 42.9 Å². The number of aromatic nitrogens is 2. The quantitative estimate of drug-likeness (QED) is 0.723. The second-order valence-electron chi connectivity index (χ2n) is 5.72. The molecule has 4 rings (SSSR count). The molecular formula is C18H18N4OS. The average Bonchev–Trinajstić information content (AvgIpc) is 3.00. The van der Waals surface area contributed by atoms with E-state index < -0.39 is 0 Å². The summed E-state index contributed by atoms with van der Waals surface area (Å²) in [6, 6.07) is 16.0. The van der Waals surface area contributed by atoms with Crippen LogP contribution in [-0.4, -0.2) is 28.3 Å². The summed E-state index contributed by atoms with van der Waals surface area (Å²) in [6.45, 7) is 1.83. The number of imidazole rings is 1. The van der Waals surface area contributed by atoms with Crippen LogP contribution in [0.5, 0.6) is 5.75 Å². The minimum atomic E-state index is 0.652. The van der Waals surface area contributed by atoms with Crippen molar-refractivity contribution in [3.8, 4) is 5.75 Å². The van der Waals surface area contributed by atoms with Crippen LogP contribution >= 0.6 is 12.2 Å². The van der Waals surface area contributed by atoms with Gasteiger partial charge in [0.05, 0.1) is 18.1 Å². The highest BCUT2D eigenvalue weighted by atomic mass is 32.1. The van der Waals surface area contributed by atoms with Gasteiger partial charge < -0.3 is 14.6 Å². The van der Waals surface area contributed by atoms with Crippen LogP contribution in [0.2, 0.25) is 0 Å². The maximum atomic E-state index is 5.64. The van der Waals surface area contributed by atoms with E-state index >= 15 is 0 Å². The molecule has 0 aliphatic carbocycles. The third-order valence-corrected chi connectivity index (χ3v) is 4.53. The molecule has 6 heteroatoms. The lowest BCUT2D eigenvalue weighted by Gasteiger charge is -2.29. The van der Waals surface area contributed by atoms with E-state index in [9.17, 15) is 0 Å². The molecule has 0 fully saturated rings. The molecule has 1 aliphatic heterocycles. The highest BCUT2D eigenvalue weighted by Crippen LogP contribution is 2.27. The summed E-state index contributed by atoms with van der Waals surface area (Å²) in [6.07, 6.45) is 1.04. The maximum Gasteiger partial charge on any atom is 0.212 e. The normalized spacial score (nSPS) is 13.6. The number of hydrogen-bond acceptors (Lipinski definition) is 3. The van der Waals surface area contributed by atoms with Crippen molar-refractivity contribution in [2.24, 2.45) is 0 Å². The van der Waals surface area contributed by atoms with Crippen molar-refractivity contribution in [2.45, 2.75) is 13.0 Å². The van der Waals surface area contributed by atoms with Crippen molar-refractivity contribution in [1.29, 1.82) is 0 Å². The van der Waals surface area contributed by atoms with Crippen LogP contribution in [0.15, 0.2) is 48.5 Å². The number of para-hydroxylation sites is 2. The number of nitrogens with one attached hydrogen (secondary N) is 1. The van der Waals surface area contributed by atoms with Crippen LogP contribution in [0, 0.1) is 0 Å². The Kier molecular flexibility index (Phi) is 3.82. The Labute approximate surface area is 145 Å². The Hall–Kier alpha value is -2.60. The molecule has 0 saturated heterocycles. The van der Waals surface area contributed by atoms with Gasteiger partial charge >= 0.3 is 0 Å². The third-order valence-electron chi connectivity index (χ3n) is 4.21. The molecule has 1 N–H and O–H groups in total. The molecule has 0 saturated carbocycles. The van der Waals surface area contributed by atoms with Crippen molar-refractivity contribution in [3.63, 3.8) is 0 Å². The first kappa shape index (κ1) is 15.0. The molecule has 2 aromatic carbocycles. The number of hydrogen-bond donors (Lipinski definition) is 1. The average molecular weight is 338 g/mol. The first-order valence-electron chi connectivity index (χ1n) is 7.94. The molecule has 122 valence electrons. The zero-order valence-corrected chi connectivity index (χ0v) is 14.2. The zero-order valence-electron chi connectivity index (χ0n) is 13.4. The summed E-state index contributed by atoms with van der Waals surface area (Å²) < 4.78 is 7.50. The first-order chi connectivity index (χ1) is 11.8. The van der Waals surface area contributed by atoms with Crippen molar-refractivity contribution in [1.82, 2.24) is 9.55 Å². The standard InChI is InChI=1S/C18H18N4OS/c1-23-14-7-4-6-13(12-14)19-18(24)22-11-5-10-21-16-9-3-2-8-15(16)20-17(21)22/h2-4,6-9,12H,5,10-11H2,1H3,(H,19,24). The van der Waals surface area contributed by atoms with Gasteiger partial charge in [0.2, 0.25) is 5.95 Å². The highest BCUT2D eigenvalue weighted by molar-refractivity contribution is 7.80. The molecule has 3 aromatic rings. The third kappa shape index (κ3) is 2.59. The summed E-state index contributed by atoms with van der Waals surface area (Å²) in [4.78, 5) is 6.84. The summed E-state index contributed by atoms with van der Waals surface area (Å²) >= 11 is 5.64. The summed E-state index contributed by atoms with van der Waals surface area (Å²) in [5.41, 5.74) is 3.07. The Morgan fingerprint density at radius 1 is 1.17 bits per heavy atom. The molecule has 0 atom stereocenters. The van der Waals surface area contributed by atoms with Gasteiger partial charge in [0.25, 0.3) is 0 Å². The van der Waals surface area contributed by atoms with Gasteiger partial charge in [-0.1, -0.05) is 18.2 Å². The van der Waals surface area contributed by atoms with Crippen molar-refractivity contribution < 1.29 is 4.74 Å². The summed E-state index contributed by atoms with van der Waals surface area (Å²) in [7, 11) is 1.66. The van der Waals surface area contributed by atoms with Crippen LogP contribution in [-0.2, 0) is 6.54 Å². The number of benzene rings is 2. The second kappa shape index (κ2) is 6.13. The minimum absolute atomic E-state index is 0.652. The van der Waals surface area contributed by atoms with E-state index in [4.69, 9.17) is 21.9 Å². The minimum Gasteiger partial charge on any atom is -0.497 e. The molecule has 24 heavy (non-hydrogen) atoms.